The van der Waals surface area contributed by atoms with Crippen molar-refractivity contribution >= 4 is 5.91 Å². The second-order valence-corrected chi connectivity index (χ2v) is 8.07. The van der Waals surface area contributed by atoms with Gasteiger partial charge in [-0.05, 0) is 82.3 Å². The average Bonchev–Trinajstić information content (AvgIpc) is 3.00. The van der Waals surface area contributed by atoms with Crippen LogP contribution >= 0.6 is 0 Å². The minimum absolute atomic E-state index is 0.192. The van der Waals surface area contributed by atoms with Crippen molar-refractivity contribution in [2.45, 2.75) is 70.8 Å². The predicted molar refractivity (Wildman–Crippen MR) is 110 cm³/mol. The quantitative estimate of drug-likeness (QED) is 0.693. The lowest BCUT2D eigenvalue weighted by atomic mass is 9.97. The van der Waals surface area contributed by atoms with E-state index in [0.29, 0.717) is 6.04 Å². The van der Waals surface area contributed by atoms with Crippen molar-refractivity contribution < 1.29 is 9.53 Å². The van der Waals surface area contributed by atoms with Gasteiger partial charge in [-0.15, -0.1) is 0 Å². The monoisotopic (exact) mass is 372 g/mol. The molecule has 150 valence electrons. The molecule has 4 heteroatoms. The summed E-state index contributed by atoms with van der Waals surface area (Å²) in [6.07, 6.45) is 11.1. The van der Waals surface area contributed by atoms with Crippen LogP contribution in [0.2, 0.25) is 0 Å². The first-order chi connectivity index (χ1) is 13.3. The largest absolute Gasteiger partial charge is 0.494 e. The Hall–Kier alpha value is -1.55. The Labute approximate surface area is 164 Å². The number of nitrogens with zero attached hydrogens (tertiary/aromatic N) is 2. The van der Waals surface area contributed by atoms with Gasteiger partial charge in [0.05, 0.1) is 6.61 Å². The van der Waals surface area contributed by atoms with Gasteiger partial charge in [0.2, 0.25) is 0 Å². The van der Waals surface area contributed by atoms with E-state index in [9.17, 15) is 4.79 Å². The zero-order chi connectivity index (χ0) is 18.9. The molecule has 0 unspecified atom stereocenters. The van der Waals surface area contributed by atoms with E-state index >= 15 is 0 Å². The number of ether oxygens (including phenoxy) is 1. The summed E-state index contributed by atoms with van der Waals surface area (Å²) in [6.45, 7) is 7.33. The molecule has 0 saturated carbocycles. The minimum Gasteiger partial charge on any atom is -0.494 e. The van der Waals surface area contributed by atoms with E-state index < -0.39 is 0 Å². The Kier molecular flexibility index (Phi) is 8.00. The lowest BCUT2D eigenvalue weighted by Gasteiger charge is -2.37. The van der Waals surface area contributed by atoms with E-state index in [2.05, 4.69) is 16.7 Å². The smallest absolute Gasteiger partial charge is 0.254 e. The number of carbonyl (C=O) groups excluding carboxylic acids is 1. The van der Waals surface area contributed by atoms with Gasteiger partial charge in [-0.2, -0.15) is 0 Å². The maximum absolute atomic E-state index is 13.1. The number of carbonyl (C=O) groups is 1. The summed E-state index contributed by atoms with van der Waals surface area (Å²) in [5.41, 5.74) is 0.792. The van der Waals surface area contributed by atoms with Gasteiger partial charge in [0.15, 0.2) is 0 Å². The lowest BCUT2D eigenvalue weighted by molar-refractivity contribution is 0.0584. The van der Waals surface area contributed by atoms with Crippen molar-refractivity contribution in [3.05, 3.63) is 29.8 Å². The molecule has 0 aromatic heterocycles. The highest BCUT2D eigenvalue weighted by molar-refractivity contribution is 5.94. The zero-order valence-corrected chi connectivity index (χ0v) is 17.0. The molecular formula is C23H36N2O2. The Morgan fingerprint density at radius 3 is 2.41 bits per heavy atom. The maximum atomic E-state index is 13.1. The minimum atomic E-state index is 0.192. The van der Waals surface area contributed by atoms with Gasteiger partial charge in [-0.3, -0.25) is 4.79 Å². The third-order valence-electron chi connectivity index (χ3n) is 5.94. The van der Waals surface area contributed by atoms with Crippen LogP contribution in [0.25, 0.3) is 0 Å². The van der Waals surface area contributed by atoms with E-state index in [1.165, 1.54) is 45.2 Å². The summed E-state index contributed by atoms with van der Waals surface area (Å²) < 4.78 is 5.64. The van der Waals surface area contributed by atoms with E-state index in [1.54, 1.807) is 0 Å². The van der Waals surface area contributed by atoms with Crippen LogP contribution in [-0.4, -0.2) is 54.5 Å². The first kappa shape index (κ1) is 20.2. The lowest BCUT2D eigenvalue weighted by Crippen LogP contribution is -2.45. The molecule has 3 rings (SSSR count). The number of hydrogen-bond donors (Lipinski definition) is 0. The van der Waals surface area contributed by atoms with Crippen LogP contribution in [0, 0.1) is 0 Å². The molecule has 2 aliphatic rings. The summed E-state index contributed by atoms with van der Waals surface area (Å²) in [4.78, 5) is 17.9. The van der Waals surface area contributed by atoms with Crippen LogP contribution in [0.15, 0.2) is 24.3 Å². The van der Waals surface area contributed by atoms with Crippen LogP contribution in [0.3, 0.4) is 0 Å². The molecule has 2 saturated heterocycles. The molecule has 0 N–H and O–H groups in total. The summed E-state index contributed by atoms with van der Waals surface area (Å²) in [5, 5.41) is 0. The van der Waals surface area contributed by atoms with Crippen molar-refractivity contribution in [1.82, 2.24) is 9.80 Å². The van der Waals surface area contributed by atoms with Gasteiger partial charge >= 0.3 is 0 Å². The van der Waals surface area contributed by atoms with Crippen molar-refractivity contribution in [2.75, 3.05) is 32.8 Å². The van der Waals surface area contributed by atoms with Crippen molar-refractivity contribution in [3.63, 3.8) is 0 Å². The Morgan fingerprint density at radius 1 is 1.00 bits per heavy atom. The van der Waals surface area contributed by atoms with E-state index in [0.717, 1.165) is 56.7 Å². The highest BCUT2D eigenvalue weighted by atomic mass is 16.5. The summed E-state index contributed by atoms with van der Waals surface area (Å²) >= 11 is 0. The Bertz CT molecular complexity index is 564. The summed E-state index contributed by atoms with van der Waals surface area (Å²) in [7, 11) is 0. The fraction of sp³-hybridized carbons (Fsp3) is 0.696. The fourth-order valence-corrected chi connectivity index (χ4v) is 4.34. The number of likely N-dealkylation sites (tertiary alicyclic amines) is 2. The molecule has 0 radical (unpaired) electrons. The van der Waals surface area contributed by atoms with E-state index in [4.69, 9.17) is 4.74 Å². The number of benzene rings is 1. The average molecular weight is 373 g/mol. The zero-order valence-electron chi connectivity index (χ0n) is 17.0. The predicted octanol–water partition coefficient (Wildman–Crippen LogP) is 4.74. The molecular weight excluding hydrogens is 336 g/mol. The highest BCUT2D eigenvalue weighted by Crippen LogP contribution is 2.24. The topological polar surface area (TPSA) is 32.8 Å². The van der Waals surface area contributed by atoms with Gasteiger partial charge in [0.25, 0.3) is 5.91 Å². The number of rotatable bonds is 7. The van der Waals surface area contributed by atoms with Crippen LogP contribution in [0.5, 0.6) is 5.75 Å². The SMILES string of the molecule is CCCOc1ccc(C(=O)N2CCCC[C@@H]2CCN2CCCCCC2)cc1. The van der Waals surface area contributed by atoms with Crippen molar-refractivity contribution in [2.24, 2.45) is 0 Å². The molecule has 0 aliphatic carbocycles. The molecule has 1 aromatic rings. The molecule has 4 nitrogen and oxygen atoms in total. The van der Waals surface area contributed by atoms with Crippen LogP contribution < -0.4 is 4.74 Å². The molecule has 2 heterocycles. The van der Waals surface area contributed by atoms with E-state index in [1.807, 2.05) is 24.3 Å². The van der Waals surface area contributed by atoms with Gasteiger partial charge in [0.1, 0.15) is 5.75 Å². The Balaban J connectivity index is 1.57. The normalized spacial score (nSPS) is 21.7. The number of hydrogen-bond acceptors (Lipinski definition) is 3. The second kappa shape index (κ2) is 10.7. The molecule has 1 amide bonds. The molecule has 0 bridgehead atoms. The molecule has 2 aliphatic heterocycles. The third kappa shape index (κ3) is 5.97. The first-order valence-electron chi connectivity index (χ1n) is 11.0. The van der Waals surface area contributed by atoms with Crippen molar-refractivity contribution in [1.29, 1.82) is 0 Å². The number of amides is 1. The van der Waals surface area contributed by atoms with Gasteiger partial charge < -0.3 is 14.5 Å². The van der Waals surface area contributed by atoms with Crippen LogP contribution in [0.4, 0.5) is 0 Å². The molecule has 2 fully saturated rings. The van der Waals surface area contributed by atoms with Gasteiger partial charge in [-0.25, -0.2) is 0 Å². The van der Waals surface area contributed by atoms with Gasteiger partial charge in [0, 0.05) is 24.7 Å². The van der Waals surface area contributed by atoms with Crippen molar-refractivity contribution in [3.8, 4) is 5.75 Å². The summed E-state index contributed by atoms with van der Waals surface area (Å²) in [6, 6.07) is 8.10. The van der Waals surface area contributed by atoms with E-state index in [-0.39, 0.29) is 5.91 Å². The fourth-order valence-electron chi connectivity index (χ4n) is 4.34. The van der Waals surface area contributed by atoms with Crippen LogP contribution in [-0.2, 0) is 0 Å². The number of piperidine rings is 1. The molecule has 1 aromatic carbocycles. The van der Waals surface area contributed by atoms with Gasteiger partial charge in [-0.1, -0.05) is 19.8 Å². The summed E-state index contributed by atoms with van der Waals surface area (Å²) in [5.74, 6) is 1.04. The Morgan fingerprint density at radius 2 is 1.70 bits per heavy atom. The highest BCUT2D eigenvalue weighted by Gasteiger charge is 2.27. The first-order valence-corrected chi connectivity index (χ1v) is 11.0. The molecule has 27 heavy (non-hydrogen) atoms. The second-order valence-electron chi connectivity index (χ2n) is 8.07. The molecule has 0 spiro atoms. The standard InChI is InChI=1S/C23H36N2O2/c1-2-19-27-22-12-10-20(11-13-22)23(26)25-17-8-5-9-21(25)14-18-24-15-6-3-4-7-16-24/h10-13,21H,2-9,14-19H2,1H3/t21-/m1/s1. The molecule has 1 atom stereocenters. The maximum Gasteiger partial charge on any atom is 0.254 e. The van der Waals surface area contributed by atoms with Crippen LogP contribution in [0.1, 0.15) is 75.1 Å². The third-order valence-corrected chi connectivity index (χ3v) is 5.94.